The van der Waals surface area contributed by atoms with Gasteiger partial charge in [0.2, 0.25) is 0 Å². The van der Waals surface area contributed by atoms with Crippen LogP contribution in [-0.2, 0) is 4.79 Å². The molecule has 2 aliphatic rings. The normalized spacial score (nSPS) is 22.0. The summed E-state index contributed by atoms with van der Waals surface area (Å²) in [5, 5.41) is 0. The van der Waals surface area contributed by atoms with E-state index in [0.29, 0.717) is 5.78 Å². The molecule has 0 aromatic heterocycles. The number of hydrogen-bond donors (Lipinski definition) is 0. The van der Waals surface area contributed by atoms with Gasteiger partial charge >= 0.3 is 0 Å². The minimum atomic E-state index is 0.0810. The molecule has 0 saturated heterocycles. The summed E-state index contributed by atoms with van der Waals surface area (Å²) >= 11 is 0. The highest BCUT2D eigenvalue weighted by Gasteiger charge is 2.20. The maximum absolute atomic E-state index is 11.6. The number of Topliss-reactive ketones (excluding diaryl/α,β-unsaturated/α-hetero) is 1. The summed E-state index contributed by atoms with van der Waals surface area (Å²) < 4.78 is 0. The molecule has 2 rings (SSSR count). The lowest BCUT2D eigenvalue weighted by Gasteiger charge is -2.13. The first-order valence-corrected chi connectivity index (χ1v) is 5.73. The van der Waals surface area contributed by atoms with Crippen LogP contribution in [0.2, 0.25) is 0 Å². The van der Waals surface area contributed by atoms with Gasteiger partial charge < -0.3 is 0 Å². The molecule has 0 radical (unpaired) electrons. The first kappa shape index (κ1) is 12.7. The number of carbonyl (C=O) groups excluding carboxylic acids is 1. The second kappa shape index (κ2) is 5.11. The van der Waals surface area contributed by atoms with Crippen LogP contribution in [0.25, 0.3) is 0 Å². The Morgan fingerprint density at radius 3 is 2.44 bits per heavy atom. The monoisotopic (exact) mass is 216 g/mol. The molecule has 0 aliphatic heterocycles. The molecule has 0 spiro atoms. The minimum Gasteiger partial charge on any atom is -0.294 e. The third kappa shape index (κ3) is 2.82. The van der Waals surface area contributed by atoms with Gasteiger partial charge in [0.15, 0.2) is 5.78 Å². The van der Waals surface area contributed by atoms with Crippen molar-refractivity contribution in [2.45, 2.75) is 33.1 Å². The predicted octanol–water partition coefficient (Wildman–Crippen LogP) is 3.99. The van der Waals surface area contributed by atoms with E-state index >= 15 is 0 Å². The Morgan fingerprint density at radius 1 is 1.12 bits per heavy atom. The van der Waals surface area contributed by atoms with Gasteiger partial charge in [-0.1, -0.05) is 38.2 Å². The van der Waals surface area contributed by atoms with Gasteiger partial charge in [-0.25, -0.2) is 0 Å². The first-order chi connectivity index (χ1) is 7.58. The smallest absolute Gasteiger partial charge is 0.163 e. The van der Waals surface area contributed by atoms with E-state index in [1.807, 2.05) is 6.08 Å². The Morgan fingerprint density at radius 2 is 1.75 bits per heavy atom. The van der Waals surface area contributed by atoms with Gasteiger partial charge in [0, 0.05) is 17.4 Å². The average molecular weight is 216 g/mol. The van der Waals surface area contributed by atoms with Crippen molar-refractivity contribution in [2.75, 3.05) is 0 Å². The van der Waals surface area contributed by atoms with Crippen LogP contribution in [0.1, 0.15) is 33.1 Å². The second-order valence-electron chi connectivity index (χ2n) is 4.70. The third-order valence-electron chi connectivity index (χ3n) is 2.89. The van der Waals surface area contributed by atoms with Crippen molar-refractivity contribution in [3.63, 3.8) is 0 Å². The van der Waals surface area contributed by atoms with E-state index in [2.05, 4.69) is 45.2 Å². The molecule has 1 heteroatoms. The standard InChI is InChI=1S/C13H16O.C2H4/c1-13(2)8-6-10-4-3-5-12(14)11(10)7-9-13;1-2/h6-9H,3-5H2,1-2H3;1-2H2. The molecule has 0 atom stereocenters. The number of carbonyl (C=O) groups is 1. The fourth-order valence-electron chi connectivity index (χ4n) is 1.93. The summed E-state index contributed by atoms with van der Waals surface area (Å²) in [5.41, 5.74) is 2.25. The molecule has 0 heterocycles. The Balaban J connectivity index is 0.000000606. The van der Waals surface area contributed by atoms with E-state index in [1.54, 1.807) is 0 Å². The molecule has 0 bridgehead atoms. The van der Waals surface area contributed by atoms with Gasteiger partial charge in [0.1, 0.15) is 0 Å². The molecule has 0 unspecified atom stereocenters. The van der Waals surface area contributed by atoms with Crippen LogP contribution in [0, 0.1) is 5.41 Å². The molecule has 0 N–H and O–H groups in total. The zero-order valence-corrected chi connectivity index (χ0v) is 10.3. The van der Waals surface area contributed by atoms with E-state index < -0.39 is 0 Å². The zero-order chi connectivity index (χ0) is 12.2. The maximum Gasteiger partial charge on any atom is 0.163 e. The van der Waals surface area contributed by atoms with Crippen LogP contribution in [0.5, 0.6) is 0 Å². The van der Waals surface area contributed by atoms with Crippen molar-refractivity contribution in [2.24, 2.45) is 5.41 Å². The summed E-state index contributed by atoms with van der Waals surface area (Å²) in [6.45, 7) is 10.3. The number of ketones is 1. The zero-order valence-electron chi connectivity index (χ0n) is 10.3. The Bertz CT molecular complexity index is 367. The maximum atomic E-state index is 11.6. The van der Waals surface area contributed by atoms with Crippen LogP contribution in [0.4, 0.5) is 0 Å². The van der Waals surface area contributed by atoms with Gasteiger partial charge in [-0.05, 0) is 18.4 Å². The highest BCUT2D eigenvalue weighted by atomic mass is 16.1. The van der Waals surface area contributed by atoms with Gasteiger partial charge in [-0.2, -0.15) is 0 Å². The molecule has 1 nitrogen and oxygen atoms in total. The number of rotatable bonds is 0. The van der Waals surface area contributed by atoms with Crippen molar-refractivity contribution in [3.05, 3.63) is 48.6 Å². The van der Waals surface area contributed by atoms with Crippen molar-refractivity contribution in [1.29, 1.82) is 0 Å². The van der Waals surface area contributed by atoms with Crippen LogP contribution >= 0.6 is 0 Å². The van der Waals surface area contributed by atoms with Gasteiger partial charge in [-0.3, -0.25) is 4.79 Å². The van der Waals surface area contributed by atoms with Gasteiger partial charge in [-0.15, -0.1) is 13.2 Å². The largest absolute Gasteiger partial charge is 0.294 e. The summed E-state index contributed by atoms with van der Waals surface area (Å²) in [7, 11) is 0. The lowest BCUT2D eigenvalue weighted by atomic mass is 9.91. The quantitative estimate of drug-likeness (QED) is 0.559. The second-order valence-corrected chi connectivity index (χ2v) is 4.70. The number of hydrogen-bond acceptors (Lipinski definition) is 1. The Kier molecular flexibility index (Phi) is 4.05. The molecule has 16 heavy (non-hydrogen) atoms. The van der Waals surface area contributed by atoms with Crippen molar-refractivity contribution in [1.82, 2.24) is 0 Å². The lowest BCUT2D eigenvalue weighted by Crippen LogP contribution is -2.08. The molecule has 0 amide bonds. The summed E-state index contributed by atoms with van der Waals surface area (Å²) in [5.74, 6) is 0.310. The van der Waals surface area contributed by atoms with E-state index in [4.69, 9.17) is 0 Å². The molecule has 0 fully saturated rings. The van der Waals surface area contributed by atoms with Crippen LogP contribution in [-0.4, -0.2) is 5.78 Å². The van der Waals surface area contributed by atoms with Crippen molar-refractivity contribution < 1.29 is 4.79 Å². The van der Waals surface area contributed by atoms with Crippen LogP contribution in [0.15, 0.2) is 48.6 Å². The topological polar surface area (TPSA) is 17.1 Å². The molecular weight excluding hydrogens is 196 g/mol. The fraction of sp³-hybridized carbons (Fsp3) is 0.400. The van der Waals surface area contributed by atoms with Gasteiger partial charge in [0.05, 0.1) is 0 Å². The van der Waals surface area contributed by atoms with Crippen LogP contribution in [0.3, 0.4) is 0 Å². The molecule has 86 valence electrons. The SMILES string of the molecule is C=C.CC1(C)C=CC2=C(C=C1)C(=O)CCC2. The Hall–Kier alpha value is -1.37. The van der Waals surface area contributed by atoms with Crippen LogP contribution < -0.4 is 0 Å². The van der Waals surface area contributed by atoms with E-state index in [0.717, 1.165) is 24.8 Å². The van der Waals surface area contributed by atoms with E-state index in [-0.39, 0.29) is 5.41 Å². The molecule has 0 aromatic carbocycles. The van der Waals surface area contributed by atoms with Crippen molar-refractivity contribution >= 4 is 5.78 Å². The minimum absolute atomic E-state index is 0.0810. The first-order valence-electron chi connectivity index (χ1n) is 5.73. The molecule has 0 saturated carbocycles. The summed E-state index contributed by atoms with van der Waals surface area (Å²) in [6.07, 6.45) is 11.2. The Labute approximate surface area is 98.2 Å². The fourth-order valence-corrected chi connectivity index (χ4v) is 1.93. The highest BCUT2D eigenvalue weighted by Crippen LogP contribution is 2.31. The van der Waals surface area contributed by atoms with Crippen molar-refractivity contribution in [3.8, 4) is 0 Å². The molecule has 0 aromatic rings. The predicted molar refractivity (Wildman–Crippen MR) is 69.2 cm³/mol. The highest BCUT2D eigenvalue weighted by molar-refractivity contribution is 6.00. The lowest BCUT2D eigenvalue weighted by molar-refractivity contribution is -0.115. The summed E-state index contributed by atoms with van der Waals surface area (Å²) in [4.78, 5) is 11.6. The van der Waals surface area contributed by atoms with E-state index in [9.17, 15) is 4.79 Å². The molecular formula is C15H20O. The molecule has 2 aliphatic carbocycles. The van der Waals surface area contributed by atoms with Gasteiger partial charge in [0.25, 0.3) is 0 Å². The third-order valence-corrected chi connectivity index (χ3v) is 2.89. The van der Waals surface area contributed by atoms with E-state index in [1.165, 1.54) is 5.57 Å². The summed E-state index contributed by atoms with van der Waals surface area (Å²) in [6, 6.07) is 0. The number of allylic oxidation sites excluding steroid dienone is 6. The average Bonchev–Trinajstić information content (AvgIpc) is 2.42.